The first-order chi connectivity index (χ1) is 8.38. The summed E-state index contributed by atoms with van der Waals surface area (Å²) >= 11 is 6.18. The van der Waals surface area contributed by atoms with Crippen molar-refractivity contribution >= 4 is 11.6 Å². The highest BCUT2D eigenvalue weighted by molar-refractivity contribution is 6.28. The van der Waals surface area contributed by atoms with Crippen molar-refractivity contribution in [3.63, 3.8) is 0 Å². The van der Waals surface area contributed by atoms with Crippen molar-refractivity contribution in [2.45, 2.75) is 78.2 Å². The van der Waals surface area contributed by atoms with Crippen molar-refractivity contribution in [2.24, 2.45) is 0 Å². The molecule has 0 fully saturated rings. The maximum Gasteiger partial charge on any atom is 0.225 e. The molecule has 0 N–H and O–H groups in total. The summed E-state index contributed by atoms with van der Waals surface area (Å²) < 4.78 is 2.09. The van der Waals surface area contributed by atoms with E-state index in [0.717, 1.165) is 12.2 Å². The zero-order chi connectivity index (χ0) is 13.8. The Morgan fingerprint density at radius 2 is 1.83 bits per heavy atom. The predicted octanol–water partition coefficient (Wildman–Crippen LogP) is 4.76. The van der Waals surface area contributed by atoms with Crippen molar-refractivity contribution in [3.8, 4) is 0 Å². The number of halogens is 1. The maximum atomic E-state index is 6.18. The first-order valence-corrected chi connectivity index (χ1v) is 7.36. The van der Waals surface area contributed by atoms with Crippen LogP contribution in [0.3, 0.4) is 0 Å². The van der Waals surface area contributed by atoms with Crippen molar-refractivity contribution in [1.29, 1.82) is 0 Å². The molecule has 1 unspecified atom stereocenters. The quantitative estimate of drug-likeness (QED) is 0.699. The Morgan fingerprint density at radius 3 is 2.39 bits per heavy atom. The van der Waals surface area contributed by atoms with Crippen LogP contribution in [-0.4, -0.2) is 14.8 Å². The molecule has 104 valence electrons. The Labute approximate surface area is 116 Å². The molecule has 0 amide bonds. The summed E-state index contributed by atoms with van der Waals surface area (Å²) in [5.74, 6) is 0.982. The van der Waals surface area contributed by atoms with E-state index in [0.29, 0.717) is 11.3 Å². The van der Waals surface area contributed by atoms with Crippen LogP contribution < -0.4 is 0 Å². The number of nitrogens with zero attached hydrogens (tertiary/aromatic N) is 3. The van der Waals surface area contributed by atoms with Gasteiger partial charge in [-0.1, -0.05) is 53.4 Å². The summed E-state index contributed by atoms with van der Waals surface area (Å²) in [4.78, 5) is 0. The van der Waals surface area contributed by atoms with Gasteiger partial charge in [0, 0.05) is 11.5 Å². The summed E-state index contributed by atoms with van der Waals surface area (Å²) in [5.41, 5.74) is -0.0161. The van der Waals surface area contributed by atoms with E-state index in [1.54, 1.807) is 0 Å². The second-order valence-corrected chi connectivity index (χ2v) is 6.45. The highest BCUT2D eigenvalue weighted by Gasteiger charge is 2.25. The summed E-state index contributed by atoms with van der Waals surface area (Å²) in [6, 6.07) is 0.374. The van der Waals surface area contributed by atoms with Crippen molar-refractivity contribution in [1.82, 2.24) is 14.8 Å². The zero-order valence-electron chi connectivity index (χ0n) is 12.3. The van der Waals surface area contributed by atoms with Crippen LogP contribution in [0.15, 0.2) is 0 Å². The standard InChI is InChI=1S/C14H26ClN3/c1-6-7-8-9-10-11(2)18-12(14(3,4)5)16-17-13(18)15/h11H,6-10H2,1-5H3. The van der Waals surface area contributed by atoms with Crippen molar-refractivity contribution in [2.75, 3.05) is 0 Å². The zero-order valence-corrected chi connectivity index (χ0v) is 13.1. The monoisotopic (exact) mass is 271 g/mol. The van der Waals surface area contributed by atoms with Gasteiger partial charge >= 0.3 is 0 Å². The number of aromatic nitrogens is 3. The van der Waals surface area contributed by atoms with E-state index >= 15 is 0 Å². The van der Waals surface area contributed by atoms with Crippen LogP contribution in [-0.2, 0) is 5.41 Å². The second-order valence-electron chi connectivity index (χ2n) is 6.11. The molecule has 18 heavy (non-hydrogen) atoms. The molecule has 1 atom stereocenters. The molecule has 1 aromatic heterocycles. The highest BCUT2D eigenvalue weighted by Crippen LogP contribution is 2.28. The molecule has 0 spiro atoms. The van der Waals surface area contributed by atoms with Crippen LogP contribution >= 0.6 is 11.6 Å². The number of rotatable bonds is 6. The molecule has 0 aliphatic rings. The van der Waals surface area contributed by atoms with Crippen molar-refractivity contribution < 1.29 is 0 Å². The Morgan fingerprint density at radius 1 is 1.17 bits per heavy atom. The molecule has 1 aromatic rings. The van der Waals surface area contributed by atoms with E-state index in [4.69, 9.17) is 11.6 Å². The molecule has 0 aromatic carbocycles. The van der Waals surface area contributed by atoms with Gasteiger partial charge in [0.1, 0.15) is 5.82 Å². The van der Waals surface area contributed by atoms with Gasteiger partial charge in [0.05, 0.1) is 0 Å². The number of hydrogen-bond donors (Lipinski definition) is 0. The van der Waals surface area contributed by atoms with Gasteiger partial charge in [0.25, 0.3) is 0 Å². The Hall–Kier alpha value is -0.570. The third kappa shape index (κ3) is 3.98. The lowest BCUT2D eigenvalue weighted by Gasteiger charge is -2.23. The van der Waals surface area contributed by atoms with Gasteiger partial charge in [0.2, 0.25) is 5.28 Å². The molecule has 0 aliphatic heterocycles. The number of unbranched alkanes of at least 4 members (excludes halogenated alkanes) is 3. The topological polar surface area (TPSA) is 30.7 Å². The minimum Gasteiger partial charge on any atom is -0.298 e. The molecule has 0 saturated heterocycles. The van der Waals surface area contributed by atoms with Gasteiger partial charge in [-0.3, -0.25) is 4.57 Å². The maximum absolute atomic E-state index is 6.18. The van der Waals surface area contributed by atoms with Crippen LogP contribution in [0.2, 0.25) is 5.28 Å². The molecule has 3 nitrogen and oxygen atoms in total. The van der Waals surface area contributed by atoms with Gasteiger partial charge in [-0.05, 0) is 24.9 Å². The molecule has 1 heterocycles. The Balaban J connectivity index is 2.72. The molecule has 0 radical (unpaired) electrons. The summed E-state index contributed by atoms with van der Waals surface area (Å²) in [7, 11) is 0. The molecular weight excluding hydrogens is 246 g/mol. The minimum atomic E-state index is -0.0161. The normalized spacial score (nSPS) is 13.9. The van der Waals surface area contributed by atoms with Gasteiger partial charge in [-0.2, -0.15) is 0 Å². The van der Waals surface area contributed by atoms with Crippen LogP contribution in [0.1, 0.15) is 78.6 Å². The van der Waals surface area contributed by atoms with Crippen LogP contribution in [0, 0.1) is 0 Å². The molecule has 0 aliphatic carbocycles. The lowest BCUT2D eigenvalue weighted by atomic mass is 9.95. The van der Waals surface area contributed by atoms with Crippen molar-refractivity contribution in [3.05, 3.63) is 11.1 Å². The fourth-order valence-corrected chi connectivity index (χ4v) is 2.45. The predicted molar refractivity (Wildman–Crippen MR) is 77.2 cm³/mol. The Kier molecular flexibility index (Phi) is 5.64. The average molecular weight is 272 g/mol. The average Bonchev–Trinajstić information content (AvgIpc) is 2.66. The summed E-state index contributed by atoms with van der Waals surface area (Å²) in [6.45, 7) is 10.9. The van der Waals surface area contributed by atoms with Crippen LogP contribution in [0.4, 0.5) is 0 Å². The van der Waals surface area contributed by atoms with E-state index in [2.05, 4.69) is 49.4 Å². The summed E-state index contributed by atoms with van der Waals surface area (Å²) in [6.07, 6.45) is 6.27. The molecular formula is C14H26ClN3. The first-order valence-electron chi connectivity index (χ1n) is 6.98. The second kappa shape index (κ2) is 6.55. The SMILES string of the molecule is CCCCCCC(C)n1c(Cl)nnc1C(C)(C)C. The van der Waals surface area contributed by atoms with E-state index < -0.39 is 0 Å². The van der Waals surface area contributed by atoms with Gasteiger partial charge in [0.15, 0.2) is 0 Å². The number of hydrogen-bond acceptors (Lipinski definition) is 2. The molecule has 1 rings (SSSR count). The van der Waals surface area contributed by atoms with E-state index in [9.17, 15) is 0 Å². The van der Waals surface area contributed by atoms with E-state index in [1.165, 1.54) is 25.7 Å². The van der Waals surface area contributed by atoms with Gasteiger partial charge < -0.3 is 0 Å². The molecule has 0 saturated carbocycles. The fraction of sp³-hybridized carbons (Fsp3) is 0.857. The summed E-state index contributed by atoms with van der Waals surface area (Å²) in [5, 5.41) is 8.78. The molecule has 0 bridgehead atoms. The third-order valence-corrected chi connectivity index (χ3v) is 3.50. The van der Waals surface area contributed by atoms with Crippen LogP contribution in [0.25, 0.3) is 0 Å². The lowest BCUT2D eigenvalue weighted by Crippen LogP contribution is -2.21. The smallest absolute Gasteiger partial charge is 0.225 e. The largest absolute Gasteiger partial charge is 0.298 e. The third-order valence-electron chi connectivity index (χ3n) is 3.24. The first kappa shape index (κ1) is 15.5. The Bertz CT molecular complexity index is 366. The fourth-order valence-electron chi connectivity index (χ4n) is 2.17. The highest BCUT2D eigenvalue weighted by atomic mass is 35.5. The lowest BCUT2D eigenvalue weighted by molar-refractivity contribution is 0.419. The van der Waals surface area contributed by atoms with Gasteiger partial charge in [-0.25, -0.2) is 0 Å². The molecule has 4 heteroatoms. The van der Waals surface area contributed by atoms with E-state index in [-0.39, 0.29) is 5.41 Å². The van der Waals surface area contributed by atoms with E-state index in [1.807, 2.05) is 0 Å². The van der Waals surface area contributed by atoms with Crippen LogP contribution in [0.5, 0.6) is 0 Å². The van der Waals surface area contributed by atoms with Gasteiger partial charge in [-0.15, -0.1) is 10.2 Å². The minimum absolute atomic E-state index is 0.0161.